The summed E-state index contributed by atoms with van der Waals surface area (Å²) in [6.45, 7) is 3.31. The summed E-state index contributed by atoms with van der Waals surface area (Å²) >= 11 is 0. The normalized spacial score (nSPS) is 47.8. The minimum atomic E-state index is 0. The fraction of sp³-hybridized carbons (Fsp3) is 0.941. The summed E-state index contributed by atoms with van der Waals surface area (Å²) in [6.07, 6.45) is 9.15. The van der Waals surface area contributed by atoms with Gasteiger partial charge in [-0.2, -0.15) is 0 Å². The molecule has 5 fully saturated rings. The Kier molecular flexibility index (Phi) is 4.52. The van der Waals surface area contributed by atoms with E-state index in [9.17, 15) is 4.79 Å². The molecule has 1 saturated heterocycles. The van der Waals surface area contributed by atoms with Crippen LogP contribution in [-0.2, 0) is 4.79 Å². The fourth-order valence-electron chi connectivity index (χ4n) is 5.87. The van der Waals surface area contributed by atoms with Gasteiger partial charge in [-0.3, -0.25) is 4.79 Å². The van der Waals surface area contributed by atoms with Crippen LogP contribution in [0.15, 0.2) is 0 Å². The van der Waals surface area contributed by atoms with Gasteiger partial charge in [-0.1, -0.05) is 0 Å². The molecule has 3 nitrogen and oxygen atoms in total. The third-order valence-electron chi connectivity index (χ3n) is 6.62. The van der Waals surface area contributed by atoms with Crippen molar-refractivity contribution in [1.29, 1.82) is 0 Å². The van der Waals surface area contributed by atoms with E-state index in [1.807, 2.05) is 0 Å². The number of piperidine rings is 1. The minimum absolute atomic E-state index is 0. The van der Waals surface area contributed by atoms with E-state index >= 15 is 0 Å². The van der Waals surface area contributed by atoms with E-state index in [4.69, 9.17) is 0 Å². The lowest BCUT2D eigenvalue weighted by Gasteiger charge is -2.54. The smallest absolute Gasteiger partial charge is 0.223 e. The Balaban J connectivity index is 0.00000132. The third kappa shape index (κ3) is 2.84. The molecule has 4 saturated carbocycles. The average Bonchev–Trinajstić information content (AvgIpc) is 2.40. The summed E-state index contributed by atoms with van der Waals surface area (Å²) in [6, 6.07) is 0.790. The molecule has 4 heteroatoms. The second-order valence-electron chi connectivity index (χ2n) is 7.96. The van der Waals surface area contributed by atoms with Gasteiger partial charge in [-0.15, -0.1) is 12.4 Å². The Morgan fingerprint density at radius 1 is 1.05 bits per heavy atom. The molecule has 0 aromatic rings. The van der Waals surface area contributed by atoms with E-state index < -0.39 is 0 Å². The molecule has 2 N–H and O–H groups in total. The predicted molar refractivity (Wildman–Crippen MR) is 86.4 cm³/mol. The van der Waals surface area contributed by atoms with Gasteiger partial charge in [0.15, 0.2) is 0 Å². The lowest BCUT2D eigenvalue weighted by molar-refractivity contribution is -0.139. The second-order valence-corrected chi connectivity index (χ2v) is 7.96. The summed E-state index contributed by atoms with van der Waals surface area (Å²) in [5.41, 5.74) is 0. The van der Waals surface area contributed by atoms with Gasteiger partial charge in [0.05, 0.1) is 0 Å². The Labute approximate surface area is 134 Å². The molecular weight excluding hydrogens is 284 g/mol. The van der Waals surface area contributed by atoms with Crippen molar-refractivity contribution in [3.8, 4) is 0 Å². The minimum Gasteiger partial charge on any atom is -0.352 e. The third-order valence-corrected chi connectivity index (χ3v) is 6.62. The van der Waals surface area contributed by atoms with Crippen molar-refractivity contribution in [2.75, 3.05) is 6.54 Å². The van der Waals surface area contributed by atoms with Gasteiger partial charge in [0, 0.05) is 18.0 Å². The molecular formula is C17H29ClN2O. The Morgan fingerprint density at radius 3 is 2.24 bits per heavy atom. The number of hydrogen-bond acceptors (Lipinski definition) is 2. The van der Waals surface area contributed by atoms with Crippen molar-refractivity contribution in [2.45, 2.75) is 64.0 Å². The van der Waals surface area contributed by atoms with E-state index in [1.54, 1.807) is 0 Å². The highest BCUT2D eigenvalue weighted by Gasteiger charge is 2.50. The maximum Gasteiger partial charge on any atom is 0.223 e. The van der Waals surface area contributed by atoms with Gasteiger partial charge in [0.25, 0.3) is 0 Å². The summed E-state index contributed by atoms with van der Waals surface area (Å²) in [5, 5.41) is 6.89. The van der Waals surface area contributed by atoms with E-state index in [0.717, 1.165) is 24.8 Å². The quantitative estimate of drug-likeness (QED) is 0.823. The van der Waals surface area contributed by atoms with Crippen LogP contribution in [0.2, 0.25) is 0 Å². The number of halogens is 1. The molecule has 0 radical (unpaired) electrons. The van der Waals surface area contributed by atoms with Crippen molar-refractivity contribution >= 4 is 18.3 Å². The molecule has 2 atom stereocenters. The van der Waals surface area contributed by atoms with E-state index in [2.05, 4.69) is 17.6 Å². The summed E-state index contributed by atoms with van der Waals surface area (Å²) in [4.78, 5) is 12.8. The molecule has 4 aliphatic carbocycles. The molecule has 1 heterocycles. The largest absolute Gasteiger partial charge is 0.352 e. The standard InChI is InChI=1S/C17H28N2O.ClH/c1-10-15(3-2-4-18-10)19-17(20)16-13-6-11-5-12(8-13)9-14(16)7-11;/h10-16,18H,2-9H2,1H3,(H,19,20);1H. The Bertz CT molecular complexity index is 372. The van der Waals surface area contributed by atoms with Crippen LogP contribution < -0.4 is 10.6 Å². The van der Waals surface area contributed by atoms with Crippen molar-refractivity contribution in [2.24, 2.45) is 29.6 Å². The molecule has 21 heavy (non-hydrogen) atoms. The number of nitrogens with one attached hydrogen (secondary N) is 2. The molecule has 1 aliphatic heterocycles. The summed E-state index contributed by atoms with van der Waals surface area (Å²) in [5.74, 6) is 4.06. The monoisotopic (exact) mass is 312 g/mol. The van der Waals surface area contributed by atoms with E-state index in [-0.39, 0.29) is 12.4 Å². The van der Waals surface area contributed by atoms with Crippen molar-refractivity contribution in [1.82, 2.24) is 10.6 Å². The number of carbonyl (C=O) groups excluding carboxylic acids is 1. The highest BCUT2D eigenvalue weighted by molar-refractivity contribution is 5.85. The Morgan fingerprint density at radius 2 is 1.67 bits per heavy atom. The highest BCUT2D eigenvalue weighted by atomic mass is 35.5. The van der Waals surface area contributed by atoms with Crippen LogP contribution >= 0.6 is 12.4 Å². The molecule has 0 aromatic carbocycles. The van der Waals surface area contributed by atoms with Gasteiger partial charge in [0.1, 0.15) is 0 Å². The van der Waals surface area contributed by atoms with Crippen LogP contribution in [0.5, 0.6) is 0 Å². The zero-order valence-corrected chi connectivity index (χ0v) is 13.8. The molecule has 4 bridgehead atoms. The second kappa shape index (κ2) is 6.08. The molecule has 120 valence electrons. The van der Waals surface area contributed by atoms with Gasteiger partial charge >= 0.3 is 0 Å². The number of carbonyl (C=O) groups is 1. The van der Waals surface area contributed by atoms with Crippen LogP contribution in [0.25, 0.3) is 0 Å². The van der Waals surface area contributed by atoms with Crippen LogP contribution in [0.1, 0.15) is 51.9 Å². The van der Waals surface area contributed by atoms with Crippen LogP contribution in [0, 0.1) is 29.6 Å². The molecule has 0 aromatic heterocycles. The number of hydrogen-bond donors (Lipinski definition) is 2. The first-order valence-corrected chi connectivity index (χ1v) is 8.74. The van der Waals surface area contributed by atoms with Crippen LogP contribution in [0.3, 0.4) is 0 Å². The highest BCUT2D eigenvalue weighted by Crippen LogP contribution is 2.56. The van der Waals surface area contributed by atoms with E-state index in [0.29, 0.717) is 35.7 Å². The Hall–Kier alpha value is -0.280. The zero-order chi connectivity index (χ0) is 13.7. The number of amides is 1. The lowest BCUT2D eigenvalue weighted by Crippen LogP contribution is -2.57. The maximum absolute atomic E-state index is 12.8. The van der Waals surface area contributed by atoms with Gasteiger partial charge in [-0.05, 0) is 82.1 Å². The fourth-order valence-corrected chi connectivity index (χ4v) is 5.87. The van der Waals surface area contributed by atoms with E-state index in [1.165, 1.54) is 38.5 Å². The first-order valence-electron chi connectivity index (χ1n) is 8.74. The van der Waals surface area contributed by atoms with Gasteiger partial charge in [-0.25, -0.2) is 0 Å². The van der Waals surface area contributed by atoms with Crippen molar-refractivity contribution in [3.05, 3.63) is 0 Å². The molecule has 0 spiro atoms. The predicted octanol–water partition coefficient (Wildman–Crippen LogP) is 2.74. The summed E-state index contributed by atoms with van der Waals surface area (Å²) < 4.78 is 0. The topological polar surface area (TPSA) is 41.1 Å². The summed E-state index contributed by atoms with van der Waals surface area (Å²) in [7, 11) is 0. The zero-order valence-electron chi connectivity index (χ0n) is 13.0. The number of rotatable bonds is 2. The van der Waals surface area contributed by atoms with Gasteiger partial charge < -0.3 is 10.6 Å². The lowest BCUT2D eigenvalue weighted by atomic mass is 9.51. The molecule has 2 unspecified atom stereocenters. The van der Waals surface area contributed by atoms with Gasteiger partial charge in [0.2, 0.25) is 5.91 Å². The maximum atomic E-state index is 12.8. The molecule has 5 rings (SSSR count). The molecule has 5 aliphatic rings. The average molecular weight is 313 g/mol. The van der Waals surface area contributed by atoms with Crippen LogP contribution in [-0.4, -0.2) is 24.5 Å². The van der Waals surface area contributed by atoms with Crippen molar-refractivity contribution < 1.29 is 4.79 Å². The van der Waals surface area contributed by atoms with Crippen LogP contribution in [0.4, 0.5) is 0 Å². The van der Waals surface area contributed by atoms with Crippen molar-refractivity contribution in [3.63, 3.8) is 0 Å². The SMILES string of the molecule is CC1NCCCC1NC(=O)C1C2CC3CC(C2)CC1C3.Cl. The first-order chi connectivity index (χ1) is 9.70. The molecule has 1 amide bonds. The first kappa shape index (κ1) is 15.6.